The molecule has 3 heteroatoms. The zero-order valence-electron chi connectivity index (χ0n) is 7.23. The van der Waals surface area contributed by atoms with Crippen LogP contribution in [0.3, 0.4) is 0 Å². The summed E-state index contributed by atoms with van der Waals surface area (Å²) in [5, 5.41) is 8.41. The van der Waals surface area contributed by atoms with E-state index in [1.807, 2.05) is 0 Å². The molecule has 0 saturated heterocycles. The second-order valence-electron chi connectivity index (χ2n) is 2.62. The van der Waals surface area contributed by atoms with Crippen LogP contribution in [0.1, 0.15) is 12.5 Å². The molecule has 1 aromatic rings. The van der Waals surface area contributed by atoms with E-state index in [1.165, 1.54) is 0 Å². The minimum atomic E-state index is -0.936. The molecule has 1 aromatic heterocycles. The van der Waals surface area contributed by atoms with Gasteiger partial charge in [0.2, 0.25) is 0 Å². The molecular formula is C10H10O3. The molecule has 13 heavy (non-hydrogen) atoms. The Balaban J connectivity index is 2.64. The third kappa shape index (κ3) is 3.42. The average molecular weight is 178 g/mol. The Morgan fingerprint density at radius 1 is 1.62 bits per heavy atom. The number of carboxylic acids is 1. The van der Waals surface area contributed by atoms with E-state index in [1.54, 1.807) is 37.7 Å². The van der Waals surface area contributed by atoms with Crippen molar-refractivity contribution < 1.29 is 14.3 Å². The van der Waals surface area contributed by atoms with Gasteiger partial charge in [-0.25, -0.2) is 4.79 Å². The first-order chi connectivity index (χ1) is 6.18. The summed E-state index contributed by atoms with van der Waals surface area (Å²) in [6, 6.07) is 1.80. The molecule has 0 fully saturated rings. The molecule has 0 radical (unpaired) electrons. The molecule has 1 rings (SSSR count). The van der Waals surface area contributed by atoms with Crippen molar-refractivity contribution in [1.29, 1.82) is 0 Å². The molecule has 0 aliphatic carbocycles. The van der Waals surface area contributed by atoms with Gasteiger partial charge in [-0.1, -0.05) is 12.2 Å². The highest BCUT2D eigenvalue weighted by atomic mass is 16.4. The van der Waals surface area contributed by atoms with Crippen molar-refractivity contribution >= 4 is 12.0 Å². The second-order valence-corrected chi connectivity index (χ2v) is 2.62. The van der Waals surface area contributed by atoms with Crippen molar-refractivity contribution in [2.24, 2.45) is 0 Å². The van der Waals surface area contributed by atoms with Crippen LogP contribution < -0.4 is 0 Å². The van der Waals surface area contributed by atoms with Crippen LogP contribution in [-0.4, -0.2) is 11.1 Å². The number of allylic oxidation sites excluding steroid dienone is 2. The van der Waals surface area contributed by atoms with Crippen molar-refractivity contribution in [3.63, 3.8) is 0 Å². The molecule has 1 N–H and O–H groups in total. The first kappa shape index (κ1) is 9.32. The van der Waals surface area contributed by atoms with E-state index in [0.717, 1.165) is 11.6 Å². The van der Waals surface area contributed by atoms with Crippen LogP contribution in [0.4, 0.5) is 0 Å². The normalized spacial score (nSPS) is 12.2. The van der Waals surface area contributed by atoms with Gasteiger partial charge in [0.1, 0.15) is 0 Å². The molecule has 68 valence electrons. The Kier molecular flexibility index (Phi) is 3.09. The van der Waals surface area contributed by atoms with Gasteiger partial charge in [0, 0.05) is 11.6 Å². The molecule has 1 heterocycles. The zero-order valence-corrected chi connectivity index (χ0v) is 7.23. The van der Waals surface area contributed by atoms with Crippen molar-refractivity contribution in [2.45, 2.75) is 6.92 Å². The standard InChI is InChI=1S/C10H10O3/c1-8(6-10(11)12)2-3-9-4-5-13-7-9/h2-7H,1H3,(H,11,12)/b3-2-,8-6+. The Hall–Kier alpha value is -1.77. The lowest BCUT2D eigenvalue weighted by Gasteiger charge is -1.87. The van der Waals surface area contributed by atoms with Crippen molar-refractivity contribution in [2.75, 3.05) is 0 Å². The highest BCUT2D eigenvalue weighted by Crippen LogP contribution is 2.05. The van der Waals surface area contributed by atoms with Gasteiger partial charge in [0.15, 0.2) is 0 Å². The third-order valence-corrected chi connectivity index (χ3v) is 1.43. The van der Waals surface area contributed by atoms with Crippen LogP contribution in [0.5, 0.6) is 0 Å². The molecule has 0 amide bonds. The smallest absolute Gasteiger partial charge is 0.328 e. The maximum absolute atomic E-state index is 10.2. The lowest BCUT2D eigenvalue weighted by atomic mass is 10.2. The van der Waals surface area contributed by atoms with Crippen LogP contribution in [0.15, 0.2) is 40.7 Å². The molecule has 0 unspecified atom stereocenters. The fraction of sp³-hybridized carbons (Fsp3) is 0.100. The molecule has 0 aliphatic heterocycles. The molecule has 0 atom stereocenters. The minimum Gasteiger partial charge on any atom is -0.478 e. The van der Waals surface area contributed by atoms with Gasteiger partial charge in [0.05, 0.1) is 12.5 Å². The van der Waals surface area contributed by atoms with E-state index in [0.29, 0.717) is 5.57 Å². The summed E-state index contributed by atoms with van der Waals surface area (Å²) >= 11 is 0. The number of rotatable bonds is 3. The van der Waals surface area contributed by atoms with Gasteiger partial charge in [-0.15, -0.1) is 0 Å². The summed E-state index contributed by atoms with van der Waals surface area (Å²) in [4.78, 5) is 10.2. The average Bonchev–Trinajstić information content (AvgIpc) is 2.51. The summed E-state index contributed by atoms with van der Waals surface area (Å²) in [6.45, 7) is 1.73. The largest absolute Gasteiger partial charge is 0.478 e. The lowest BCUT2D eigenvalue weighted by molar-refractivity contribution is -0.131. The molecule has 0 spiro atoms. The number of furan rings is 1. The molecule has 0 aliphatic rings. The summed E-state index contributed by atoms with van der Waals surface area (Å²) in [6.07, 6.45) is 7.81. The van der Waals surface area contributed by atoms with E-state index in [2.05, 4.69) is 0 Å². The molecule has 0 saturated carbocycles. The van der Waals surface area contributed by atoms with Crippen LogP contribution in [0, 0.1) is 0 Å². The number of carbonyl (C=O) groups is 1. The van der Waals surface area contributed by atoms with E-state index >= 15 is 0 Å². The summed E-state index contributed by atoms with van der Waals surface area (Å²) < 4.78 is 4.84. The Labute approximate surface area is 76.0 Å². The van der Waals surface area contributed by atoms with Crippen molar-refractivity contribution in [1.82, 2.24) is 0 Å². The summed E-state index contributed by atoms with van der Waals surface area (Å²) in [5.74, 6) is -0.936. The molecular weight excluding hydrogens is 168 g/mol. The van der Waals surface area contributed by atoms with E-state index in [4.69, 9.17) is 9.52 Å². The summed E-state index contributed by atoms with van der Waals surface area (Å²) in [7, 11) is 0. The SMILES string of the molecule is CC(/C=C\c1ccoc1)=C\C(=O)O. The number of carboxylic acid groups (broad SMARTS) is 1. The van der Waals surface area contributed by atoms with Gasteiger partial charge in [-0.05, 0) is 18.6 Å². The van der Waals surface area contributed by atoms with Gasteiger partial charge < -0.3 is 9.52 Å². The third-order valence-electron chi connectivity index (χ3n) is 1.43. The highest BCUT2D eigenvalue weighted by Gasteiger charge is 1.90. The molecule has 0 bridgehead atoms. The molecule has 0 aromatic carbocycles. The van der Waals surface area contributed by atoms with Gasteiger partial charge in [0.25, 0.3) is 0 Å². The Morgan fingerprint density at radius 3 is 2.92 bits per heavy atom. The molecule has 3 nitrogen and oxygen atoms in total. The number of hydrogen-bond acceptors (Lipinski definition) is 2. The lowest BCUT2D eigenvalue weighted by Crippen LogP contribution is -1.87. The second kappa shape index (κ2) is 4.30. The fourth-order valence-electron chi connectivity index (χ4n) is 0.840. The van der Waals surface area contributed by atoms with Gasteiger partial charge in [-0.2, -0.15) is 0 Å². The first-order valence-electron chi connectivity index (χ1n) is 3.80. The van der Waals surface area contributed by atoms with E-state index in [-0.39, 0.29) is 0 Å². The van der Waals surface area contributed by atoms with Crippen molar-refractivity contribution in [3.05, 3.63) is 41.9 Å². The fourth-order valence-corrected chi connectivity index (χ4v) is 0.840. The quantitative estimate of drug-likeness (QED) is 0.570. The van der Waals surface area contributed by atoms with Gasteiger partial charge in [-0.3, -0.25) is 0 Å². The van der Waals surface area contributed by atoms with Gasteiger partial charge >= 0.3 is 5.97 Å². The number of hydrogen-bond donors (Lipinski definition) is 1. The zero-order chi connectivity index (χ0) is 9.68. The van der Waals surface area contributed by atoms with E-state index in [9.17, 15) is 4.79 Å². The Bertz CT molecular complexity index is 331. The first-order valence-corrected chi connectivity index (χ1v) is 3.80. The Morgan fingerprint density at radius 2 is 2.38 bits per heavy atom. The maximum atomic E-state index is 10.2. The summed E-state index contributed by atoms with van der Waals surface area (Å²) in [5.41, 5.74) is 1.60. The predicted molar refractivity (Wildman–Crippen MR) is 49.1 cm³/mol. The minimum absolute atomic E-state index is 0.689. The number of aliphatic carboxylic acids is 1. The van der Waals surface area contributed by atoms with Crippen molar-refractivity contribution in [3.8, 4) is 0 Å². The topological polar surface area (TPSA) is 50.4 Å². The maximum Gasteiger partial charge on any atom is 0.328 e. The van der Waals surface area contributed by atoms with Crippen LogP contribution in [0.25, 0.3) is 6.08 Å². The predicted octanol–water partition coefficient (Wildman–Crippen LogP) is 2.32. The monoisotopic (exact) mass is 178 g/mol. The van der Waals surface area contributed by atoms with Crippen LogP contribution in [-0.2, 0) is 4.79 Å². The van der Waals surface area contributed by atoms with Crippen LogP contribution in [0.2, 0.25) is 0 Å². The van der Waals surface area contributed by atoms with E-state index < -0.39 is 5.97 Å². The van der Waals surface area contributed by atoms with Crippen LogP contribution >= 0.6 is 0 Å². The highest BCUT2D eigenvalue weighted by molar-refractivity contribution is 5.81.